The molecule has 0 spiro atoms. The first kappa shape index (κ1) is 32.8. The van der Waals surface area contributed by atoms with E-state index in [0.29, 0.717) is 12.2 Å². The molecule has 0 saturated carbocycles. The molecule has 1 fully saturated rings. The lowest BCUT2D eigenvalue weighted by Gasteiger charge is -2.35. The van der Waals surface area contributed by atoms with E-state index >= 15 is 0 Å². The number of halogens is 1. The normalized spacial score (nSPS) is 13.5. The van der Waals surface area contributed by atoms with Gasteiger partial charge >= 0.3 is 0 Å². The van der Waals surface area contributed by atoms with Crippen molar-refractivity contribution < 1.29 is 9.53 Å². The van der Waals surface area contributed by atoms with Crippen molar-refractivity contribution in [2.45, 2.75) is 79.6 Å². The Bertz CT molecular complexity index is 843. The van der Waals surface area contributed by atoms with Crippen molar-refractivity contribution in [1.29, 1.82) is 0 Å². The van der Waals surface area contributed by atoms with Crippen molar-refractivity contribution in [3.8, 4) is 0 Å². The summed E-state index contributed by atoms with van der Waals surface area (Å²) < 4.78 is 5.43. The summed E-state index contributed by atoms with van der Waals surface area (Å²) in [6, 6.07) is 16.4. The van der Waals surface area contributed by atoms with Crippen molar-refractivity contribution in [2.24, 2.45) is 5.41 Å². The first-order valence-electron chi connectivity index (χ1n) is 13.0. The summed E-state index contributed by atoms with van der Waals surface area (Å²) in [7, 11) is 0. The number of aryl methyl sites for hydroxylation is 2. The van der Waals surface area contributed by atoms with E-state index in [9.17, 15) is 4.79 Å². The van der Waals surface area contributed by atoms with E-state index in [-0.39, 0.29) is 5.41 Å². The molecule has 0 unspecified atom stereocenters. The van der Waals surface area contributed by atoms with Gasteiger partial charge in [-0.05, 0) is 61.8 Å². The zero-order chi connectivity index (χ0) is 26.7. The van der Waals surface area contributed by atoms with Crippen LogP contribution in [0.2, 0.25) is 5.02 Å². The largest absolute Gasteiger partial charge is 0.381 e. The lowest BCUT2D eigenvalue weighted by Crippen LogP contribution is -2.37. The molecular formula is C32H47ClO2. The first-order valence-corrected chi connectivity index (χ1v) is 13.4. The number of hydrogen-bond acceptors (Lipinski definition) is 2. The number of rotatable bonds is 8. The van der Waals surface area contributed by atoms with Gasteiger partial charge in [0.15, 0.2) is 0 Å². The minimum Gasteiger partial charge on any atom is -0.381 e. The van der Waals surface area contributed by atoms with E-state index in [1.807, 2.05) is 45.0 Å². The Morgan fingerprint density at radius 3 is 2.06 bits per heavy atom. The predicted molar refractivity (Wildman–Crippen MR) is 155 cm³/mol. The van der Waals surface area contributed by atoms with Gasteiger partial charge in [0.05, 0.1) is 0 Å². The summed E-state index contributed by atoms with van der Waals surface area (Å²) in [4.78, 5) is 12.7. The fourth-order valence-electron chi connectivity index (χ4n) is 4.15. The molecule has 1 aliphatic heterocycles. The molecule has 1 aliphatic rings. The van der Waals surface area contributed by atoms with Gasteiger partial charge in [-0.2, -0.15) is 0 Å². The molecule has 2 aromatic carbocycles. The Labute approximate surface area is 220 Å². The quantitative estimate of drug-likeness (QED) is 0.338. The summed E-state index contributed by atoms with van der Waals surface area (Å²) >= 11 is 6.16. The van der Waals surface area contributed by atoms with Gasteiger partial charge in [0, 0.05) is 30.1 Å². The van der Waals surface area contributed by atoms with Crippen LogP contribution >= 0.6 is 11.6 Å². The number of ether oxygens (including phenoxy) is 1. The Morgan fingerprint density at radius 1 is 1.00 bits per heavy atom. The standard InChI is InChI=1S/C17H23ClO2.C11H14.C2H6.C2H4/c1-2-9-17(10-12-20-13-11-17)16(19)8-7-14-5-3-4-6-15(14)18;1-4-10-5-7-11(8-6-10)9(2)3;2*1-2/h3-6H,2,7-13H2,1H3;5-8H,2,4H2,1,3H3;1-2H3;1-2H2. The average Bonchev–Trinajstić information content (AvgIpc) is 2.91. The topological polar surface area (TPSA) is 26.3 Å². The van der Waals surface area contributed by atoms with Gasteiger partial charge in [0.25, 0.3) is 0 Å². The molecule has 3 heteroatoms. The molecule has 2 nitrogen and oxygen atoms in total. The van der Waals surface area contributed by atoms with Crippen LogP contribution in [0, 0.1) is 5.41 Å². The maximum Gasteiger partial charge on any atom is 0.139 e. The van der Waals surface area contributed by atoms with Crippen LogP contribution in [-0.4, -0.2) is 19.0 Å². The maximum absolute atomic E-state index is 12.7. The minimum atomic E-state index is -0.145. The molecule has 0 bridgehead atoms. The number of carbonyl (C=O) groups is 1. The van der Waals surface area contributed by atoms with Crippen LogP contribution < -0.4 is 0 Å². The molecule has 1 saturated heterocycles. The SMILES string of the molecule is C=C.C=C(C)c1ccc(CC)cc1.CC.CCCC1(C(=O)CCc2ccccc2Cl)CCOCC1. The van der Waals surface area contributed by atoms with Crippen molar-refractivity contribution in [1.82, 2.24) is 0 Å². The van der Waals surface area contributed by atoms with Crippen LogP contribution in [0.1, 0.15) is 83.4 Å². The van der Waals surface area contributed by atoms with E-state index in [4.69, 9.17) is 16.3 Å². The lowest BCUT2D eigenvalue weighted by molar-refractivity contribution is -0.135. The Hall–Kier alpha value is -2.16. The molecule has 2 aromatic rings. The average molecular weight is 499 g/mol. The summed E-state index contributed by atoms with van der Waals surface area (Å²) in [5.41, 5.74) is 4.68. The molecule has 1 heterocycles. The maximum atomic E-state index is 12.7. The number of Topliss-reactive ketones (excluding diaryl/α,β-unsaturated/α-hetero) is 1. The van der Waals surface area contributed by atoms with Gasteiger partial charge in [-0.1, -0.05) is 100 Å². The predicted octanol–water partition coefficient (Wildman–Crippen LogP) is 9.55. The second-order valence-electron chi connectivity index (χ2n) is 8.49. The van der Waals surface area contributed by atoms with Crippen LogP contribution in [0.4, 0.5) is 0 Å². The molecule has 0 N–H and O–H groups in total. The van der Waals surface area contributed by atoms with E-state index in [1.165, 1.54) is 11.1 Å². The zero-order valence-corrected chi connectivity index (χ0v) is 23.6. The Kier molecular flexibility index (Phi) is 17.9. The van der Waals surface area contributed by atoms with Crippen molar-refractivity contribution >= 4 is 23.0 Å². The van der Waals surface area contributed by atoms with E-state index in [0.717, 1.165) is 67.9 Å². The Morgan fingerprint density at radius 2 is 1.57 bits per heavy atom. The van der Waals surface area contributed by atoms with Gasteiger partial charge in [-0.25, -0.2) is 0 Å². The number of allylic oxidation sites excluding steroid dienone is 1. The summed E-state index contributed by atoms with van der Waals surface area (Å²) in [5.74, 6) is 0.391. The monoisotopic (exact) mass is 498 g/mol. The first-order chi connectivity index (χ1) is 16.9. The third-order valence-electron chi connectivity index (χ3n) is 6.20. The fraction of sp³-hybridized carbons (Fsp3) is 0.469. The molecule has 35 heavy (non-hydrogen) atoms. The second-order valence-corrected chi connectivity index (χ2v) is 8.90. The van der Waals surface area contributed by atoms with Crippen LogP contribution in [0.5, 0.6) is 0 Å². The highest BCUT2D eigenvalue weighted by molar-refractivity contribution is 6.31. The van der Waals surface area contributed by atoms with Gasteiger partial charge in [-0.3, -0.25) is 4.79 Å². The second kappa shape index (κ2) is 19.1. The van der Waals surface area contributed by atoms with Crippen LogP contribution in [0.25, 0.3) is 5.57 Å². The van der Waals surface area contributed by atoms with Gasteiger partial charge < -0.3 is 4.74 Å². The third kappa shape index (κ3) is 11.4. The van der Waals surface area contributed by atoms with E-state index in [2.05, 4.69) is 57.8 Å². The van der Waals surface area contributed by atoms with E-state index in [1.54, 1.807) is 0 Å². The van der Waals surface area contributed by atoms with Gasteiger partial charge in [0.1, 0.15) is 5.78 Å². The van der Waals surface area contributed by atoms with Gasteiger partial charge in [-0.15, -0.1) is 13.2 Å². The highest BCUT2D eigenvalue weighted by Gasteiger charge is 2.38. The van der Waals surface area contributed by atoms with E-state index < -0.39 is 0 Å². The minimum absolute atomic E-state index is 0.145. The van der Waals surface area contributed by atoms with Crippen LogP contribution in [0.15, 0.2) is 68.3 Å². The van der Waals surface area contributed by atoms with Crippen molar-refractivity contribution in [3.63, 3.8) is 0 Å². The zero-order valence-electron chi connectivity index (χ0n) is 22.8. The highest BCUT2D eigenvalue weighted by atomic mass is 35.5. The number of benzene rings is 2. The Balaban J connectivity index is 0.000000652. The number of ketones is 1. The molecule has 0 aromatic heterocycles. The number of hydrogen-bond donors (Lipinski definition) is 0. The van der Waals surface area contributed by atoms with Crippen molar-refractivity contribution in [2.75, 3.05) is 13.2 Å². The molecule has 0 atom stereocenters. The molecule has 0 aliphatic carbocycles. The summed E-state index contributed by atoms with van der Waals surface area (Å²) in [6.45, 7) is 21.7. The third-order valence-corrected chi connectivity index (χ3v) is 6.57. The molecule has 0 amide bonds. The summed E-state index contributed by atoms with van der Waals surface area (Å²) in [6.07, 6.45) is 6.23. The fourth-order valence-corrected chi connectivity index (χ4v) is 4.38. The highest BCUT2D eigenvalue weighted by Crippen LogP contribution is 2.37. The molecular weight excluding hydrogens is 452 g/mol. The number of carbonyl (C=O) groups excluding carboxylic acids is 1. The van der Waals surface area contributed by atoms with Gasteiger partial charge in [0.2, 0.25) is 0 Å². The molecule has 0 radical (unpaired) electrons. The van der Waals surface area contributed by atoms with Crippen LogP contribution in [0.3, 0.4) is 0 Å². The molecule has 194 valence electrons. The smallest absolute Gasteiger partial charge is 0.139 e. The summed E-state index contributed by atoms with van der Waals surface area (Å²) in [5, 5.41) is 0.761. The van der Waals surface area contributed by atoms with Crippen LogP contribution in [-0.2, 0) is 22.4 Å². The van der Waals surface area contributed by atoms with Crippen molar-refractivity contribution in [3.05, 3.63) is 90.0 Å². The lowest BCUT2D eigenvalue weighted by atomic mass is 9.71. The molecule has 3 rings (SSSR count).